The van der Waals surface area contributed by atoms with Crippen molar-refractivity contribution >= 4 is 16.5 Å². The normalized spacial score (nSPS) is 33.0. The van der Waals surface area contributed by atoms with Crippen molar-refractivity contribution in [2.75, 3.05) is 18.0 Å². The Kier molecular flexibility index (Phi) is 3.57. The standard InChI is InChI=1S/C16H27N3S/c1-10-5-6-19(9-11(10)2)15-18-13-8-16(3,4)7-12(17)14(13)20-15/h10-12H,5-9,17H2,1-4H3. The Hall–Kier alpha value is -0.610. The molecule has 0 bridgehead atoms. The highest BCUT2D eigenvalue weighted by Gasteiger charge is 2.34. The Bertz CT molecular complexity index is 494. The lowest BCUT2D eigenvalue weighted by Crippen LogP contribution is -2.38. The van der Waals surface area contributed by atoms with Crippen molar-refractivity contribution in [3.8, 4) is 0 Å². The third-order valence-electron chi connectivity index (χ3n) is 5.08. The molecule has 4 heteroatoms. The van der Waals surface area contributed by atoms with E-state index in [9.17, 15) is 0 Å². The SMILES string of the molecule is CC1CCN(c2nc3c(s2)C(N)CC(C)(C)C3)CC1C. The van der Waals surface area contributed by atoms with Gasteiger partial charge >= 0.3 is 0 Å². The summed E-state index contributed by atoms with van der Waals surface area (Å²) in [4.78, 5) is 8.76. The van der Waals surface area contributed by atoms with E-state index in [1.807, 2.05) is 11.3 Å². The zero-order chi connectivity index (χ0) is 14.5. The molecule has 20 heavy (non-hydrogen) atoms. The van der Waals surface area contributed by atoms with Gasteiger partial charge in [-0.2, -0.15) is 0 Å². The lowest BCUT2D eigenvalue weighted by atomic mass is 9.77. The van der Waals surface area contributed by atoms with E-state index >= 15 is 0 Å². The molecule has 1 aromatic rings. The van der Waals surface area contributed by atoms with E-state index in [2.05, 4.69) is 32.6 Å². The van der Waals surface area contributed by atoms with E-state index in [0.717, 1.165) is 37.8 Å². The van der Waals surface area contributed by atoms with Gasteiger partial charge in [-0.1, -0.05) is 39.0 Å². The third-order valence-corrected chi connectivity index (χ3v) is 6.37. The van der Waals surface area contributed by atoms with Gasteiger partial charge in [0.15, 0.2) is 5.13 Å². The molecule has 1 aromatic heterocycles. The molecule has 1 aliphatic carbocycles. The van der Waals surface area contributed by atoms with Gasteiger partial charge in [-0.05, 0) is 36.5 Å². The minimum Gasteiger partial charge on any atom is -0.348 e. The minimum atomic E-state index is 0.182. The van der Waals surface area contributed by atoms with Crippen molar-refractivity contribution in [3.63, 3.8) is 0 Å². The van der Waals surface area contributed by atoms with Gasteiger partial charge in [0.25, 0.3) is 0 Å². The summed E-state index contributed by atoms with van der Waals surface area (Å²) >= 11 is 1.84. The van der Waals surface area contributed by atoms with Crippen LogP contribution < -0.4 is 10.6 Å². The van der Waals surface area contributed by atoms with Gasteiger partial charge in [-0.15, -0.1) is 0 Å². The molecule has 2 aliphatic rings. The maximum atomic E-state index is 6.37. The molecule has 1 saturated heterocycles. The molecule has 3 rings (SSSR count). The Morgan fingerprint density at radius 3 is 2.75 bits per heavy atom. The average Bonchev–Trinajstić information content (AvgIpc) is 2.75. The van der Waals surface area contributed by atoms with Crippen LogP contribution in [0.25, 0.3) is 0 Å². The van der Waals surface area contributed by atoms with Gasteiger partial charge < -0.3 is 10.6 Å². The van der Waals surface area contributed by atoms with Crippen LogP contribution in [-0.4, -0.2) is 18.1 Å². The molecule has 112 valence electrons. The van der Waals surface area contributed by atoms with Crippen LogP contribution >= 0.6 is 11.3 Å². The third kappa shape index (κ3) is 2.60. The molecular weight excluding hydrogens is 266 g/mol. The highest BCUT2D eigenvalue weighted by molar-refractivity contribution is 7.15. The second kappa shape index (κ2) is 4.99. The van der Waals surface area contributed by atoms with Gasteiger partial charge in [0.2, 0.25) is 0 Å². The average molecular weight is 293 g/mol. The second-order valence-electron chi connectivity index (χ2n) is 7.65. The van der Waals surface area contributed by atoms with Crippen molar-refractivity contribution in [2.45, 2.75) is 53.0 Å². The number of hydrogen-bond donors (Lipinski definition) is 1. The summed E-state index contributed by atoms with van der Waals surface area (Å²) in [6.07, 6.45) is 3.43. The van der Waals surface area contributed by atoms with Crippen molar-refractivity contribution in [2.24, 2.45) is 23.0 Å². The van der Waals surface area contributed by atoms with Crippen LogP contribution in [0.3, 0.4) is 0 Å². The largest absolute Gasteiger partial charge is 0.348 e. The summed E-state index contributed by atoms with van der Waals surface area (Å²) in [7, 11) is 0. The van der Waals surface area contributed by atoms with Crippen molar-refractivity contribution in [3.05, 3.63) is 10.6 Å². The number of hydrogen-bond acceptors (Lipinski definition) is 4. The molecule has 0 amide bonds. The summed E-state index contributed by atoms with van der Waals surface area (Å²) in [6.45, 7) is 11.6. The molecule has 0 saturated carbocycles. The monoisotopic (exact) mass is 293 g/mol. The van der Waals surface area contributed by atoms with Gasteiger partial charge in [0.1, 0.15) is 0 Å². The van der Waals surface area contributed by atoms with Crippen LogP contribution in [0.5, 0.6) is 0 Å². The molecular formula is C16H27N3S. The molecule has 1 aliphatic heterocycles. The number of aromatic nitrogens is 1. The zero-order valence-corrected chi connectivity index (χ0v) is 14.0. The first-order valence-corrected chi connectivity index (χ1v) is 8.67. The van der Waals surface area contributed by atoms with E-state index in [4.69, 9.17) is 10.7 Å². The molecule has 1 fully saturated rings. The maximum absolute atomic E-state index is 6.37. The molecule has 0 radical (unpaired) electrons. The highest BCUT2D eigenvalue weighted by Crippen LogP contribution is 2.44. The Balaban J connectivity index is 1.83. The Morgan fingerprint density at radius 2 is 2.05 bits per heavy atom. The molecule has 0 spiro atoms. The predicted octanol–water partition coefficient (Wildman–Crippen LogP) is 3.60. The molecule has 3 atom stereocenters. The van der Waals surface area contributed by atoms with E-state index in [-0.39, 0.29) is 6.04 Å². The smallest absolute Gasteiger partial charge is 0.185 e. The van der Waals surface area contributed by atoms with Gasteiger partial charge in [0, 0.05) is 24.0 Å². The van der Waals surface area contributed by atoms with Gasteiger partial charge in [0.05, 0.1) is 5.69 Å². The Labute approximate surface area is 126 Å². The highest BCUT2D eigenvalue weighted by atomic mass is 32.1. The maximum Gasteiger partial charge on any atom is 0.185 e. The lowest BCUT2D eigenvalue weighted by Gasteiger charge is -2.35. The fraction of sp³-hybridized carbons (Fsp3) is 0.812. The summed E-state index contributed by atoms with van der Waals surface area (Å²) in [5.41, 5.74) is 7.92. The quantitative estimate of drug-likeness (QED) is 0.860. The van der Waals surface area contributed by atoms with Crippen LogP contribution in [0.15, 0.2) is 0 Å². The molecule has 0 aromatic carbocycles. The van der Waals surface area contributed by atoms with E-state index in [0.29, 0.717) is 5.41 Å². The zero-order valence-electron chi connectivity index (χ0n) is 13.1. The van der Waals surface area contributed by atoms with Crippen molar-refractivity contribution in [1.82, 2.24) is 4.98 Å². The first-order valence-electron chi connectivity index (χ1n) is 7.86. The molecule has 2 N–H and O–H groups in total. The molecule has 2 heterocycles. The van der Waals surface area contributed by atoms with Crippen LogP contribution in [0.1, 0.15) is 57.1 Å². The van der Waals surface area contributed by atoms with Crippen LogP contribution in [-0.2, 0) is 6.42 Å². The van der Waals surface area contributed by atoms with Gasteiger partial charge in [-0.3, -0.25) is 0 Å². The number of thiazole rings is 1. The number of nitrogens with zero attached hydrogens (tertiary/aromatic N) is 2. The van der Waals surface area contributed by atoms with Gasteiger partial charge in [-0.25, -0.2) is 4.98 Å². The fourth-order valence-electron chi connectivity index (χ4n) is 3.55. The topological polar surface area (TPSA) is 42.2 Å². The van der Waals surface area contributed by atoms with E-state index < -0.39 is 0 Å². The number of rotatable bonds is 1. The summed E-state index contributed by atoms with van der Waals surface area (Å²) < 4.78 is 0. The summed E-state index contributed by atoms with van der Waals surface area (Å²) in [6, 6.07) is 0.182. The van der Waals surface area contributed by atoms with Crippen LogP contribution in [0, 0.1) is 17.3 Å². The van der Waals surface area contributed by atoms with Crippen LogP contribution in [0.2, 0.25) is 0 Å². The van der Waals surface area contributed by atoms with E-state index in [1.54, 1.807) is 0 Å². The van der Waals surface area contributed by atoms with Crippen molar-refractivity contribution in [1.29, 1.82) is 0 Å². The minimum absolute atomic E-state index is 0.182. The van der Waals surface area contributed by atoms with Crippen molar-refractivity contribution < 1.29 is 0 Å². The Morgan fingerprint density at radius 1 is 1.30 bits per heavy atom. The first kappa shape index (κ1) is 14.3. The molecule has 3 nitrogen and oxygen atoms in total. The fourth-order valence-corrected chi connectivity index (χ4v) is 4.67. The summed E-state index contributed by atoms with van der Waals surface area (Å²) in [5.74, 6) is 1.59. The number of nitrogens with two attached hydrogens (primary N) is 1. The van der Waals surface area contributed by atoms with E-state index in [1.165, 1.54) is 22.1 Å². The number of piperidine rings is 1. The predicted molar refractivity (Wildman–Crippen MR) is 86.3 cm³/mol. The first-order chi connectivity index (χ1) is 9.35. The number of fused-ring (bicyclic) bond motifs is 1. The second-order valence-corrected chi connectivity index (χ2v) is 8.66. The lowest BCUT2D eigenvalue weighted by molar-refractivity contribution is 0.282. The van der Waals surface area contributed by atoms with Crippen LogP contribution in [0.4, 0.5) is 5.13 Å². The molecule has 3 unspecified atom stereocenters. The number of anilines is 1. The summed E-state index contributed by atoms with van der Waals surface area (Å²) in [5, 5.41) is 1.21.